The van der Waals surface area contributed by atoms with E-state index in [4.69, 9.17) is 11.3 Å². The van der Waals surface area contributed by atoms with Gasteiger partial charge in [-0.15, -0.1) is 4.79 Å². The second-order valence-electron chi connectivity index (χ2n) is 4.45. The van der Waals surface area contributed by atoms with Crippen LogP contribution in [-0.4, -0.2) is 24.0 Å². The van der Waals surface area contributed by atoms with Crippen LogP contribution in [0.4, 0.5) is 0 Å². The van der Waals surface area contributed by atoms with E-state index < -0.39 is 20.7 Å². The normalized spacial score (nSPS) is 10.8. The Kier molecular flexibility index (Phi) is 4.62. The van der Waals surface area contributed by atoms with Crippen molar-refractivity contribution in [2.75, 3.05) is 0 Å². The molecule has 112 valence electrons. The number of sulfone groups is 1. The Morgan fingerprint density at radius 1 is 1.05 bits per heavy atom. The maximum atomic E-state index is 12.4. The summed E-state index contributed by atoms with van der Waals surface area (Å²) in [6.07, 6.45) is 0. The molecule has 0 atom stereocenters. The molecule has 0 unspecified atom stereocenters. The first-order valence-corrected chi connectivity index (χ1v) is 7.85. The van der Waals surface area contributed by atoms with Crippen LogP contribution in [0.3, 0.4) is 0 Å². The van der Waals surface area contributed by atoms with Crippen molar-refractivity contribution in [2.45, 2.75) is 11.4 Å². The van der Waals surface area contributed by atoms with Crippen LogP contribution in [0.25, 0.3) is 5.53 Å². The van der Waals surface area contributed by atoms with Gasteiger partial charge in [-0.25, -0.2) is 8.42 Å². The fourth-order valence-electron chi connectivity index (χ4n) is 1.85. The zero-order valence-corrected chi connectivity index (χ0v) is 12.3. The quantitative estimate of drug-likeness (QED) is 0.302. The average molecular weight is 315 g/mol. The number of carbonyl (C=O) groups is 1. The second-order valence-corrected chi connectivity index (χ2v) is 6.32. The van der Waals surface area contributed by atoms with Crippen LogP contribution < -0.4 is 5.73 Å². The number of hydrogen-bond acceptors (Lipinski definition) is 4. The van der Waals surface area contributed by atoms with E-state index in [1.54, 1.807) is 18.2 Å². The van der Waals surface area contributed by atoms with E-state index in [1.165, 1.54) is 36.4 Å². The summed E-state index contributed by atoms with van der Waals surface area (Å²) in [4.78, 5) is 14.8. The third-order valence-corrected chi connectivity index (χ3v) is 4.71. The van der Waals surface area contributed by atoms with Gasteiger partial charge >= 0.3 is 5.04 Å². The van der Waals surface area contributed by atoms with Crippen LogP contribution in [0, 0.1) is 0 Å². The van der Waals surface area contributed by atoms with Crippen molar-refractivity contribution in [1.29, 1.82) is 0 Å². The first-order valence-electron chi connectivity index (χ1n) is 6.36. The van der Waals surface area contributed by atoms with Crippen molar-refractivity contribution < 1.29 is 18.0 Å². The SMILES string of the molecule is [N-]=[N+]=C(C(=O)c1ccccc1)S(=O)(=O)c1ccc(CN)cc1. The van der Waals surface area contributed by atoms with Crippen molar-refractivity contribution in [3.8, 4) is 0 Å². The molecular formula is C15H13N3O3S. The summed E-state index contributed by atoms with van der Waals surface area (Å²) in [7, 11) is -4.21. The number of nitrogens with zero attached hydrogens (tertiary/aromatic N) is 2. The molecule has 2 aromatic carbocycles. The molecule has 0 aromatic heterocycles. The fourth-order valence-corrected chi connectivity index (χ4v) is 3.04. The van der Waals surface area contributed by atoms with Gasteiger partial charge in [0.15, 0.2) is 0 Å². The minimum absolute atomic E-state index is 0.123. The zero-order chi connectivity index (χ0) is 16.2. The summed E-state index contributed by atoms with van der Waals surface area (Å²) in [6, 6.07) is 13.5. The molecule has 2 N–H and O–H groups in total. The summed E-state index contributed by atoms with van der Waals surface area (Å²) in [5.41, 5.74) is 15.3. The summed E-state index contributed by atoms with van der Waals surface area (Å²) < 4.78 is 24.9. The Morgan fingerprint density at radius 2 is 1.64 bits per heavy atom. The molecule has 0 fully saturated rings. The smallest absolute Gasteiger partial charge is 0.360 e. The molecule has 0 heterocycles. The number of benzene rings is 2. The van der Waals surface area contributed by atoms with Crippen LogP contribution in [0.2, 0.25) is 0 Å². The number of hydrogen-bond donors (Lipinski definition) is 1. The predicted molar refractivity (Wildman–Crippen MR) is 80.9 cm³/mol. The molecule has 0 saturated carbocycles. The number of Topliss-reactive ketones (excluding diaryl/α,β-unsaturated/α-hetero) is 1. The van der Waals surface area contributed by atoms with E-state index in [9.17, 15) is 13.2 Å². The molecule has 0 spiro atoms. The Bertz CT molecular complexity index is 837. The second kappa shape index (κ2) is 6.44. The maximum Gasteiger partial charge on any atom is 0.456 e. The Morgan fingerprint density at radius 3 is 2.14 bits per heavy atom. The van der Waals surface area contributed by atoms with E-state index in [1.807, 2.05) is 0 Å². The van der Waals surface area contributed by atoms with Crippen molar-refractivity contribution in [3.63, 3.8) is 0 Å². The maximum absolute atomic E-state index is 12.4. The molecule has 22 heavy (non-hydrogen) atoms. The monoisotopic (exact) mass is 315 g/mol. The van der Waals surface area contributed by atoms with E-state index in [0.29, 0.717) is 0 Å². The van der Waals surface area contributed by atoms with E-state index in [-0.39, 0.29) is 17.0 Å². The lowest BCUT2D eigenvalue weighted by Crippen LogP contribution is -2.26. The highest BCUT2D eigenvalue weighted by Crippen LogP contribution is 2.15. The van der Waals surface area contributed by atoms with Crippen LogP contribution in [0.5, 0.6) is 0 Å². The minimum Gasteiger partial charge on any atom is -0.360 e. The van der Waals surface area contributed by atoms with E-state index >= 15 is 0 Å². The van der Waals surface area contributed by atoms with Gasteiger partial charge in [-0.1, -0.05) is 42.5 Å². The van der Waals surface area contributed by atoms with Crippen molar-refractivity contribution >= 4 is 20.7 Å². The van der Waals surface area contributed by atoms with E-state index in [2.05, 4.69) is 4.79 Å². The van der Waals surface area contributed by atoms with Crippen LogP contribution >= 0.6 is 0 Å². The van der Waals surface area contributed by atoms with Gasteiger partial charge in [0.05, 0.1) is 4.90 Å². The molecule has 2 aromatic rings. The van der Waals surface area contributed by atoms with E-state index in [0.717, 1.165) is 5.56 Å². The van der Waals surface area contributed by atoms with Crippen LogP contribution in [0.1, 0.15) is 15.9 Å². The lowest BCUT2D eigenvalue weighted by atomic mass is 10.1. The molecule has 0 amide bonds. The van der Waals surface area contributed by atoms with Crippen molar-refractivity contribution in [3.05, 3.63) is 71.3 Å². The first-order chi connectivity index (χ1) is 10.5. The molecule has 0 aliphatic heterocycles. The highest BCUT2D eigenvalue weighted by molar-refractivity contribution is 8.08. The van der Waals surface area contributed by atoms with Gasteiger partial charge in [-0.3, -0.25) is 4.79 Å². The third-order valence-electron chi connectivity index (χ3n) is 3.04. The Labute approximate surface area is 127 Å². The number of ketones is 1. The summed E-state index contributed by atoms with van der Waals surface area (Å²) in [5.74, 6) is -0.869. The van der Waals surface area contributed by atoms with Crippen LogP contribution in [0.15, 0.2) is 59.5 Å². The molecule has 2 rings (SSSR count). The summed E-state index contributed by atoms with van der Waals surface area (Å²) >= 11 is 0. The molecule has 0 aliphatic carbocycles. The molecular weight excluding hydrogens is 302 g/mol. The third kappa shape index (κ3) is 3.01. The highest BCUT2D eigenvalue weighted by Gasteiger charge is 2.37. The standard InChI is InChI=1S/C15H13N3O3S/c16-10-11-6-8-13(9-7-11)22(20,21)15(18-17)14(19)12-4-2-1-3-5-12/h1-9H,10,16H2. The van der Waals surface area contributed by atoms with Crippen molar-refractivity contribution in [1.82, 2.24) is 0 Å². The van der Waals surface area contributed by atoms with Gasteiger partial charge in [-0.2, -0.15) is 0 Å². The molecule has 0 radical (unpaired) electrons. The molecule has 7 heteroatoms. The lowest BCUT2D eigenvalue weighted by molar-refractivity contribution is -0.00158. The first kappa shape index (κ1) is 15.8. The minimum atomic E-state index is -4.21. The Hall–Kier alpha value is -2.60. The van der Waals surface area contributed by atoms with Gasteiger partial charge in [-0.05, 0) is 17.7 Å². The zero-order valence-electron chi connectivity index (χ0n) is 11.5. The predicted octanol–water partition coefficient (Wildman–Crippen LogP) is 1.43. The number of rotatable bonds is 4. The number of nitrogens with two attached hydrogens (primary N) is 1. The van der Waals surface area contributed by atoms with Crippen LogP contribution in [-0.2, 0) is 16.4 Å². The topological polar surface area (TPSA) is 114 Å². The molecule has 0 saturated heterocycles. The van der Waals surface area contributed by atoms with Gasteiger partial charge in [0, 0.05) is 12.1 Å². The number of carbonyl (C=O) groups excluding carboxylic acids is 1. The van der Waals surface area contributed by atoms with Gasteiger partial charge in [0.25, 0.3) is 15.6 Å². The van der Waals surface area contributed by atoms with Crippen molar-refractivity contribution in [2.24, 2.45) is 5.73 Å². The summed E-state index contributed by atoms with van der Waals surface area (Å²) in [6.45, 7) is 0.268. The summed E-state index contributed by atoms with van der Waals surface area (Å²) in [5, 5.41) is -0.917. The molecule has 0 bridgehead atoms. The average Bonchev–Trinajstić information content (AvgIpc) is 2.56. The fraction of sp³-hybridized carbons (Fsp3) is 0.0667. The van der Waals surface area contributed by atoms with Gasteiger partial charge in [0.2, 0.25) is 0 Å². The van der Waals surface area contributed by atoms with Gasteiger partial charge < -0.3 is 11.3 Å². The molecule has 6 nitrogen and oxygen atoms in total. The highest BCUT2D eigenvalue weighted by atomic mass is 32.2. The Balaban J connectivity index is 2.46. The largest absolute Gasteiger partial charge is 0.456 e. The lowest BCUT2D eigenvalue weighted by Gasteiger charge is -2.02. The molecule has 0 aliphatic rings. The van der Waals surface area contributed by atoms with Gasteiger partial charge in [0.1, 0.15) is 0 Å².